The molecule has 0 heterocycles. The lowest BCUT2D eigenvalue weighted by Gasteiger charge is -2.22. The minimum atomic E-state index is -0.444. The minimum absolute atomic E-state index is 0.343. The fourth-order valence-electron chi connectivity index (χ4n) is 2.22. The Hall–Kier alpha value is -0.460. The van der Waals surface area contributed by atoms with E-state index in [1.807, 2.05) is 32.5 Å². The Morgan fingerprint density at radius 2 is 2.05 bits per heavy atom. The van der Waals surface area contributed by atoms with E-state index in [1.165, 1.54) is 12.8 Å². The summed E-state index contributed by atoms with van der Waals surface area (Å²) in [5, 5.41) is 6.41. The molecule has 0 radical (unpaired) electrons. The molecule has 1 aliphatic rings. The van der Waals surface area contributed by atoms with Crippen LogP contribution in [-0.4, -0.2) is 55.5 Å². The van der Waals surface area contributed by atoms with Gasteiger partial charge in [-0.15, -0.1) is 0 Å². The van der Waals surface area contributed by atoms with Gasteiger partial charge < -0.3 is 20.1 Å². The van der Waals surface area contributed by atoms with Crippen LogP contribution in [0.15, 0.2) is 0 Å². The van der Waals surface area contributed by atoms with Crippen LogP contribution in [-0.2, 0) is 9.47 Å². The summed E-state index contributed by atoms with van der Waals surface area (Å²) in [7, 11) is 1.73. The summed E-state index contributed by atoms with van der Waals surface area (Å²) in [5.41, 5.74) is -0.444. The van der Waals surface area contributed by atoms with Crippen LogP contribution < -0.4 is 10.6 Å². The highest BCUT2D eigenvalue weighted by atomic mass is 32.2. The van der Waals surface area contributed by atoms with Crippen LogP contribution in [0.4, 0.5) is 4.79 Å². The molecule has 6 heteroatoms. The van der Waals surface area contributed by atoms with Gasteiger partial charge >= 0.3 is 6.09 Å². The van der Waals surface area contributed by atoms with Gasteiger partial charge in [-0.1, -0.05) is 0 Å². The third-order valence-corrected chi connectivity index (χ3v) is 5.14. The molecule has 1 aliphatic carbocycles. The van der Waals surface area contributed by atoms with E-state index in [1.54, 1.807) is 7.11 Å². The molecule has 2 N–H and O–H groups in total. The second-order valence-electron chi connectivity index (χ2n) is 6.99. The zero-order chi connectivity index (χ0) is 16.6. The molecule has 0 bridgehead atoms. The molecule has 0 aromatic heterocycles. The van der Waals surface area contributed by atoms with Crippen LogP contribution in [0.1, 0.15) is 46.5 Å². The summed E-state index contributed by atoms with van der Waals surface area (Å²) in [6.07, 6.45) is 6.34. The first-order chi connectivity index (χ1) is 10.3. The number of carbonyl (C=O) groups is 1. The average Bonchev–Trinajstić information content (AvgIpc) is 3.19. The lowest BCUT2D eigenvalue weighted by atomic mass is 10.1. The third kappa shape index (κ3) is 8.25. The molecule has 0 aromatic carbocycles. The second kappa shape index (κ2) is 8.99. The summed E-state index contributed by atoms with van der Waals surface area (Å²) in [6, 6.07) is 0.343. The third-order valence-electron chi connectivity index (χ3n) is 3.72. The maximum atomic E-state index is 11.6. The number of methoxy groups -OCH3 is 1. The number of alkyl carbamates (subject to hydrolysis) is 1. The topological polar surface area (TPSA) is 59.6 Å². The fraction of sp³-hybridized carbons (Fsp3) is 0.938. The summed E-state index contributed by atoms with van der Waals surface area (Å²) in [5.74, 6) is 0. The normalized spacial score (nSPS) is 17.9. The number of thioether (sulfide) groups is 1. The number of ether oxygens (including phenoxy) is 2. The Kier molecular flexibility index (Phi) is 8.00. The van der Waals surface area contributed by atoms with E-state index in [0.29, 0.717) is 23.9 Å². The van der Waals surface area contributed by atoms with Gasteiger partial charge in [0.1, 0.15) is 5.60 Å². The van der Waals surface area contributed by atoms with Gasteiger partial charge in [0.25, 0.3) is 0 Å². The second-order valence-corrected chi connectivity index (χ2v) is 8.27. The van der Waals surface area contributed by atoms with Gasteiger partial charge in [-0.3, -0.25) is 0 Å². The minimum Gasteiger partial charge on any atom is -0.444 e. The van der Waals surface area contributed by atoms with Crippen molar-refractivity contribution in [2.24, 2.45) is 0 Å². The number of hydrogen-bond acceptors (Lipinski definition) is 5. The van der Waals surface area contributed by atoms with Gasteiger partial charge in [0.15, 0.2) is 0 Å². The molecule has 0 aliphatic heterocycles. The van der Waals surface area contributed by atoms with Crippen LogP contribution in [0.2, 0.25) is 0 Å². The van der Waals surface area contributed by atoms with Crippen LogP contribution >= 0.6 is 11.8 Å². The summed E-state index contributed by atoms with van der Waals surface area (Å²) in [4.78, 5) is 11.6. The summed E-state index contributed by atoms with van der Waals surface area (Å²) in [6.45, 7) is 7.97. The highest BCUT2D eigenvalue weighted by molar-refractivity contribution is 8.00. The van der Waals surface area contributed by atoms with Crippen molar-refractivity contribution in [3.63, 3.8) is 0 Å². The molecule has 0 spiro atoms. The SMILES string of the molecule is COCC(CCCNC(=O)OC(C)(C)C)NCC1(SC)CC1. The maximum absolute atomic E-state index is 11.6. The van der Waals surface area contributed by atoms with Crippen LogP contribution in [0.3, 0.4) is 0 Å². The smallest absolute Gasteiger partial charge is 0.407 e. The Morgan fingerprint density at radius 1 is 1.36 bits per heavy atom. The Bertz CT molecular complexity index is 341. The van der Waals surface area contributed by atoms with Gasteiger partial charge in [-0.05, 0) is 52.7 Å². The molecule has 1 fully saturated rings. The Labute approximate surface area is 139 Å². The number of rotatable bonds is 10. The Balaban J connectivity index is 2.17. The predicted molar refractivity (Wildman–Crippen MR) is 92.6 cm³/mol. The lowest BCUT2D eigenvalue weighted by molar-refractivity contribution is 0.0526. The van der Waals surface area contributed by atoms with Crippen LogP contribution in [0, 0.1) is 0 Å². The van der Waals surface area contributed by atoms with Gasteiger partial charge in [0, 0.05) is 31.0 Å². The maximum Gasteiger partial charge on any atom is 0.407 e. The van der Waals surface area contributed by atoms with Crippen molar-refractivity contribution in [3.05, 3.63) is 0 Å². The molecule has 22 heavy (non-hydrogen) atoms. The van der Waals surface area contributed by atoms with Crippen molar-refractivity contribution in [2.45, 2.75) is 62.8 Å². The molecule has 0 aromatic rings. The van der Waals surface area contributed by atoms with E-state index >= 15 is 0 Å². The zero-order valence-electron chi connectivity index (χ0n) is 14.7. The highest BCUT2D eigenvalue weighted by Crippen LogP contribution is 2.46. The number of nitrogens with one attached hydrogen (secondary N) is 2. The fourth-order valence-corrected chi connectivity index (χ4v) is 2.96. The number of carbonyl (C=O) groups excluding carboxylic acids is 1. The molecule has 1 unspecified atom stereocenters. The molecule has 130 valence electrons. The van der Waals surface area contributed by atoms with E-state index in [-0.39, 0.29) is 6.09 Å². The molecule has 1 atom stereocenters. The number of hydrogen-bond donors (Lipinski definition) is 2. The first-order valence-corrected chi connectivity index (χ1v) is 9.27. The quantitative estimate of drug-likeness (QED) is 0.603. The van der Waals surface area contributed by atoms with Crippen molar-refractivity contribution in [3.8, 4) is 0 Å². The first-order valence-electron chi connectivity index (χ1n) is 8.04. The van der Waals surface area contributed by atoms with Crippen LogP contribution in [0.25, 0.3) is 0 Å². The molecule has 1 saturated carbocycles. The standard InChI is InChI=1S/C16H32N2O3S/c1-15(2,3)21-14(19)17-10-6-7-13(11-20-4)18-12-16(22-5)8-9-16/h13,18H,6-12H2,1-5H3,(H,17,19). The van der Waals surface area contributed by atoms with Gasteiger partial charge in [0.05, 0.1) is 6.61 Å². The Morgan fingerprint density at radius 3 is 2.55 bits per heavy atom. The molecule has 1 amide bonds. The van der Waals surface area contributed by atoms with E-state index in [9.17, 15) is 4.79 Å². The first kappa shape index (κ1) is 19.6. The molecule has 1 rings (SSSR count). The summed E-state index contributed by atoms with van der Waals surface area (Å²) < 4.78 is 11.0. The monoisotopic (exact) mass is 332 g/mol. The van der Waals surface area contributed by atoms with Crippen molar-refractivity contribution in [1.29, 1.82) is 0 Å². The van der Waals surface area contributed by atoms with Gasteiger partial charge in [-0.2, -0.15) is 11.8 Å². The lowest BCUT2D eigenvalue weighted by Crippen LogP contribution is -2.39. The van der Waals surface area contributed by atoms with E-state index in [4.69, 9.17) is 9.47 Å². The van der Waals surface area contributed by atoms with Gasteiger partial charge in [-0.25, -0.2) is 4.79 Å². The highest BCUT2D eigenvalue weighted by Gasteiger charge is 2.41. The number of amides is 1. The van der Waals surface area contributed by atoms with Gasteiger partial charge in [0.2, 0.25) is 0 Å². The van der Waals surface area contributed by atoms with Crippen molar-refractivity contribution >= 4 is 17.9 Å². The van der Waals surface area contributed by atoms with Crippen LogP contribution in [0.5, 0.6) is 0 Å². The molecular formula is C16H32N2O3S. The summed E-state index contributed by atoms with van der Waals surface area (Å²) >= 11 is 1.96. The zero-order valence-corrected chi connectivity index (χ0v) is 15.5. The van der Waals surface area contributed by atoms with Crippen molar-refractivity contribution in [1.82, 2.24) is 10.6 Å². The van der Waals surface area contributed by atoms with E-state index in [0.717, 1.165) is 19.4 Å². The predicted octanol–water partition coefficient (Wildman–Crippen LogP) is 2.79. The molecule has 5 nitrogen and oxygen atoms in total. The molecule has 0 saturated heterocycles. The van der Waals surface area contributed by atoms with Crippen molar-refractivity contribution < 1.29 is 14.3 Å². The largest absolute Gasteiger partial charge is 0.444 e. The van der Waals surface area contributed by atoms with E-state index in [2.05, 4.69) is 16.9 Å². The van der Waals surface area contributed by atoms with Crippen molar-refractivity contribution in [2.75, 3.05) is 33.1 Å². The van der Waals surface area contributed by atoms with E-state index < -0.39 is 5.60 Å². The average molecular weight is 333 g/mol. The molecular weight excluding hydrogens is 300 g/mol.